The number of tetrazole rings is 1. The zero-order valence-corrected chi connectivity index (χ0v) is 11.9. The molecule has 6 heteroatoms. The quantitative estimate of drug-likeness (QED) is 0.771. The Balaban J connectivity index is 1.62. The molecule has 0 N–H and O–H groups in total. The minimum Gasteiger partial charge on any atom is -0.303 e. The molecule has 1 aromatic heterocycles. The van der Waals surface area contributed by atoms with Gasteiger partial charge in [0.1, 0.15) is 6.29 Å². The van der Waals surface area contributed by atoms with Gasteiger partial charge in [0.15, 0.2) is 5.82 Å². The van der Waals surface area contributed by atoms with Gasteiger partial charge in [0.25, 0.3) is 0 Å². The third kappa shape index (κ3) is 3.52. The highest BCUT2D eigenvalue weighted by Crippen LogP contribution is 2.16. The molecular formula is C15H19N5O. The van der Waals surface area contributed by atoms with Gasteiger partial charge in [0.05, 0.1) is 13.1 Å². The lowest BCUT2D eigenvalue weighted by Crippen LogP contribution is -2.34. The van der Waals surface area contributed by atoms with E-state index in [4.69, 9.17) is 0 Å². The number of hydrogen-bond donors (Lipinski definition) is 0. The number of piperidine rings is 1. The summed E-state index contributed by atoms with van der Waals surface area (Å²) in [7, 11) is 0. The lowest BCUT2D eigenvalue weighted by Gasteiger charge is -2.28. The Morgan fingerprint density at radius 1 is 1.14 bits per heavy atom. The third-order valence-electron chi connectivity index (χ3n) is 3.97. The molecule has 0 spiro atoms. The molecular weight excluding hydrogens is 266 g/mol. The van der Waals surface area contributed by atoms with E-state index in [2.05, 4.69) is 32.6 Å². The first-order valence-corrected chi connectivity index (χ1v) is 7.32. The van der Waals surface area contributed by atoms with Crippen molar-refractivity contribution in [3.8, 4) is 0 Å². The predicted octanol–water partition coefficient (Wildman–Crippen LogP) is 1.13. The van der Waals surface area contributed by atoms with Crippen LogP contribution in [0, 0.1) is 5.92 Å². The minimum atomic E-state index is 0.224. The lowest BCUT2D eigenvalue weighted by molar-refractivity contribution is -0.112. The van der Waals surface area contributed by atoms with E-state index in [1.807, 2.05) is 22.9 Å². The van der Waals surface area contributed by atoms with Crippen LogP contribution in [-0.4, -0.2) is 44.5 Å². The Kier molecular flexibility index (Phi) is 4.35. The van der Waals surface area contributed by atoms with E-state index < -0.39 is 0 Å². The molecule has 1 aliphatic rings. The highest BCUT2D eigenvalue weighted by atomic mass is 16.1. The fraction of sp³-hybridized carbons (Fsp3) is 0.467. The van der Waals surface area contributed by atoms with Gasteiger partial charge in [-0.3, -0.25) is 4.90 Å². The topological polar surface area (TPSA) is 63.9 Å². The van der Waals surface area contributed by atoms with Gasteiger partial charge in [-0.25, -0.2) is 4.68 Å². The van der Waals surface area contributed by atoms with Crippen LogP contribution < -0.4 is 0 Å². The summed E-state index contributed by atoms with van der Waals surface area (Å²) in [5.41, 5.74) is 1.19. The highest BCUT2D eigenvalue weighted by Gasteiger charge is 2.20. The van der Waals surface area contributed by atoms with Crippen molar-refractivity contribution in [1.82, 2.24) is 25.1 Å². The van der Waals surface area contributed by atoms with Crippen molar-refractivity contribution >= 4 is 6.29 Å². The molecule has 3 rings (SSSR count). The number of hydrogen-bond acceptors (Lipinski definition) is 5. The summed E-state index contributed by atoms with van der Waals surface area (Å²) in [6, 6.07) is 10.2. The number of likely N-dealkylation sites (tertiary alicyclic amines) is 1. The van der Waals surface area contributed by atoms with E-state index in [-0.39, 0.29) is 5.92 Å². The van der Waals surface area contributed by atoms with E-state index in [1.165, 1.54) is 5.56 Å². The van der Waals surface area contributed by atoms with Crippen LogP contribution in [0.1, 0.15) is 24.2 Å². The molecule has 2 aromatic rings. The van der Waals surface area contributed by atoms with Crippen LogP contribution in [0.4, 0.5) is 0 Å². The first-order chi connectivity index (χ1) is 10.3. The largest absolute Gasteiger partial charge is 0.303 e. The maximum atomic E-state index is 10.8. The molecule has 0 amide bonds. The molecule has 21 heavy (non-hydrogen) atoms. The van der Waals surface area contributed by atoms with Crippen LogP contribution >= 0.6 is 0 Å². The number of carbonyl (C=O) groups is 1. The van der Waals surface area contributed by atoms with E-state index in [9.17, 15) is 4.79 Å². The van der Waals surface area contributed by atoms with Gasteiger partial charge in [-0.2, -0.15) is 0 Å². The van der Waals surface area contributed by atoms with Crippen LogP contribution in [0.2, 0.25) is 0 Å². The normalized spacial score (nSPS) is 17.0. The summed E-state index contributed by atoms with van der Waals surface area (Å²) in [5.74, 6) is 1.10. The number of carbonyl (C=O) groups excluding carboxylic acids is 1. The summed E-state index contributed by atoms with van der Waals surface area (Å²) in [5, 5.41) is 12.0. The predicted molar refractivity (Wildman–Crippen MR) is 77.4 cm³/mol. The van der Waals surface area contributed by atoms with Crippen LogP contribution in [0.3, 0.4) is 0 Å². The van der Waals surface area contributed by atoms with Crippen molar-refractivity contribution in [2.45, 2.75) is 25.9 Å². The fourth-order valence-electron chi connectivity index (χ4n) is 2.66. The zero-order chi connectivity index (χ0) is 14.5. The van der Waals surface area contributed by atoms with Crippen LogP contribution in [0.15, 0.2) is 30.3 Å². The standard InChI is InChI=1S/C15H19N5O/c21-12-14-6-8-19(9-7-14)11-15-16-17-18-20(15)10-13-4-2-1-3-5-13/h1-5,12,14H,6-11H2. The number of nitrogens with zero attached hydrogens (tertiary/aromatic N) is 5. The molecule has 0 aliphatic carbocycles. The van der Waals surface area contributed by atoms with E-state index in [0.717, 1.165) is 44.6 Å². The van der Waals surface area contributed by atoms with E-state index in [0.29, 0.717) is 6.54 Å². The van der Waals surface area contributed by atoms with Gasteiger partial charge in [-0.1, -0.05) is 30.3 Å². The molecule has 1 fully saturated rings. The molecule has 0 saturated carbocycles. The Labute approximate surface area is 123 Å². The smallest absolute Gasteiger partial charge is 0.165 e. The molecule has 6 nitrogen and oxygen atoms in total. The summed E-state index contributed by atoms with van der Waals surface area (Å²) in [4.78, 5) is 13.1. The molecule has 1 saturated heterocycles. The maximum absolute atomic E-state index is 10.8. The monoisotopic (exact) mass is 285 g/mol. The second-order valence-corrected chi connectivity index (χ2v) is 5.49. The summed E-state index contributed by atoms with van der Waals surface area (Å²) in [6.45, 7) is 3.29. The van der Waals surface area contributed by atoms with Crippen molar-refractivity contribution in [2.75, 3.05) is 13.1 Å². The lowest BCUT2D eigenvalue weighted by atomic mass is 9.99. The minimum absolute atomic E-state index is 0.224. The molecule has 0 atom stereocenters. The second kappa shape index (κ2) is 6.58. The summed E-state index contributed by atoms with van der Waals surface area (Å²) < 4.78 is 1.85. The Morgan fingerprint density at radius 2 is 1.90 bits per heavy atom. The molecule has 0 radical (unpaired) electrons. The van der Waals surface area contributed by atoms with Crippen LogP contribution in [0.5, 0.6) is 0 Å². The van der Waals surface area contributed by atoms with Crippen LogP contribution in [-0.2, 0) is 17.9 Å². The van der Waals surface area contributed by atoms with Gasteiger partial charge in [-0.15, -0.1) is 5.10 Å². The van der Waals surface area contributed by atoms with Gasteiger partial charge < -0.3 is 4.79 Å². The van der Waals surface area contributed by atoms with Crippen molar-refractivity contribution in [3.05, 3.63) is 41.7 Å². The van der Waals surface area contributed by atoms with Gasteiger partial charge in [-0.05, 0) is 41.9 Å². The van der Waals surface area contributed by atoms with Crippen molar-refractivity contribution in [3.63, 3.8) is 0 Å². The maximum Gasteiger partial charge on any atom is 0.165 e. The molecule has 1 aliphatic heterocycles. The fourth-order valence-corrected chi connectivity index (χ4v) is 2.66. The van der Waals surface area contributed by atoms with Gasteiger partial charge in [0, 0.05) is 5.92 Å². The number of aldehydes is 1. The number of benzene rings is 1. The Bertz CT molecular complexity index is 575. The average Bonchev–Trinajstić information content (AvgIpc) is 2.96. The van der Waals surface area contributed by atoms with Gasteiger partial charge >= 0.3 is 0 Å². The van der Waals surface area contributed by atoms with E-state index >= 15 is 0 Å². The summed E-state index contributed by atoms with van der Waals surface area (Å²) in [6.07, 6.45) is 2.95. The average molecular weight is 285 g/mol. The number of rotatable bonds is 5. The SMILES string of the molecule is O=CC1CCN(Cc2nnnn2Cc2ccccc2)CC1. The molecule has 2 heterocycles. The Morgan fingerprint density at radius 3 is 2.62 bits per heavy atom. The number of aromatic nitrogens is 4. The molecule has 0 bridgehead atoms. The zero-order valence-electron chi connectivity index (χ0n) is 11.9. The first-order valence-electron chi connectivity index (χ1n) is 7.32. The molecule has 1 aromatic carbocycles. The van der Waals surface area contributed by atoms with Crippen LogP contribution in [0.25, 0.3) is 0 Å². The van der Waals surface area contributed by atoms with E-state index in [1.54, 1.807) is 0 Å². The molecule has 0 unspecified atom stereocenters. The highest BCUT2D eigenvalue weighted by molar-refractivity contribution is 5.53. The van der Waals surface area contributed by atoms with Crippen molar-refractivity contribution in [2.24, 2.45) is 5.92 Å². The van der Waals surface area contributed by atoms with Gasteiger partial charge in [0.2, 0.25) is 0 Å². The van der Waals surface area contributed by atoms with Crippen molar-refractivity contribution in [1.29, 1.82) is 0 Å². The van der Waals surface area contributed by atoms with Crippen molar-refractivity contribution < 1.29 is 4.79 Å². The first kappa shape index (κ1) is 13.9. The Hall–Kier alpha value is -2.08. The molecule has 110 valence electrons. The summed E-state index contributed by atoms with van der Waals surface area (Å²) >= 11 is 0. The third-order valence-corrected chi connectivity index (χ3v) is 3.97. The second-order valence-electron chi connectivity index (χ2n) is 5.49.